The fourth-order valence-electron chi connectivity index (χ4n) is 9.69. The van der Waals surface area contributed by atoms with Gasteiger partial charge in [0.1, 0.15) is 5.82 Å². The Morgan fingerprint density at radius 1 is 1.00 bits per heavy atom. The van der Waals surface area contributed by atoms with E-state index >= 15 is 0 Å². The van der Waals surface area contributed by atoms with E-state index < -0.39 is 17.7 Å². The number of nitrogens with one attached hydrogen (secondary N) is 1. The van der Waals surface area contributed by atoms with Gasteiger partial charge >= 0.3 is 0 Å². The minimum Gasteiger partial charge on any atom is -0.379 e. The van der Waals surface area contributed by atoms with Crippen molar-refractivity contribution in [3.05, 3.63) is 101 Å². The Hall–Kier alpha value is -4.35. The van der Waals surface area contributed by atoms with Crippen LogP contribution in [0.1, 0.15) is 74.5 Å². The van der Waals surface area contributed by atoms with Crippen molar-refractivity contribution in [2.75, 3.05) is 74.7 Å². The van der Waals surface area contributed by atoms with Crippen molar-refractivity contribution in [1.82, 2.24) is 10.2 Å². The average molecular weight is 758 g/mol. The van der Waals surface area contributed by atoms with Crippen molar-refractivity contribution in [2.45, 2.75) is 81.2 Å². The van der Waals surface area contributed by atoms with Gasteiger partial charge in [0.15, 0.2) is 11.6 Å². The molecule has 0 unspecified atom stereocenters. The number of halogens is 3. The average Bonchev–Trinajstić information content (AvgIpc) is 3.69. The van der Waals surface area contributed by atoms with Gasteiger partial charge in [0.2, 0.25) is 5.91 Å². The Balaban J connectivity index is 1.04. The van der Waals surface area contributed by atoms with E-state index in [1.165, 1.54) is 24.3 Å². The molecule has 3 atom stereocenters. The van der Waals surface area contributed by atoms with E-state index in [9.17, 15) is 22.8 Å². The standard InChI is InChI=1S/C44H54F3N5O3/c1-5-42(54)51-29-43(2)14-6-18-52(43)40-26-34(10-13-39(40)51)50-19-15-44(16-20-50)27-31(35-11-9-32(45)25-36(35)44)24-41(53)48-33(28-55-21-7-17-49(3)4)22-30-8-12-37(46)38(47)23-30/h5,8-13,23,25-26,31,33H,1,6-7,14-22,24,27-29H2,2-4H3,(H,48,53)/t31-,33-,43+/m1/s1. The lowest BCUT2D eigenvalue weighted by Crippen LogP contribution is -2.55. The molecule has 2 saturated heterocycles. The van der Waals surface area contributed by atoms with Crippen molar-refractivity contribution in [3.8, 4) is 0 Å². The van der Waals surface area contributed by atoms with Crippen LogP contribution >= 0.6 is 0 Å². The van der Waals surface area contributed by atoms with Gasteiger partial charge in [-0.1, -0.05) is 18.7 Å². The number of fused-ring (bicyclic) bond motifs is 5. The van der Waals surface area contributed by atoms with Crippen LogP contribution in [0.2, 0.25) is 0 Å². The van der Waals surface area contributed by atoms with Crippen LogP contribution in [-0.4, -0.2) is 88.3 Å². The summed E-state index contributed by atoms with van der Waals surface area (Å²) in [5.41, 5.74) is 5.35. The van der Waals surface area contributed by atoms with E-state index in [0.29, 0.717) is 25.1 Å². The fraction of sp³-hybridized carbons (Fsp3) is 0.500. The Morgan fingerprint density at radius 2 is 1.80 bits per heavy atom. The summed E-state index contributed by atoms with van der Waals surface area (Å²) >= 11 is 0. The summed E-state index contributed by atoms with van der Waals surface area (Å²) in [4.78, 5) is 35.5. The smallest absolute Gasteiger partial charge is 0.250 e. The van der Waals surface area contributed by atoms with Crippen LogP contribution in [0.4, 0.5) is 30.2 Å². The topological polar surface area (TPSA) is 68.4 Å². The van der Waals surface area contributed by atoms with Gasteiger partial charge in [-0.2, -0.15) is 0 Å². The molecule has 1 N–H and O–H groups in total. The number of carbonyl (C=O) groups is 2. The predicted molar refractivity (Wildman–Crippen MR) is 211 cm³/mol. The summed E-state index contributed by atoms with van der Waals surface area (Å²) in [6.07, 6.45) is 7.25. The lowest BCUT2D eigenvalue weighted by Gasteiger charge is -2.47. The zero-order valence-electron chi connectivity index (χ0n) is 32.4. The fourth-order valence-corrected chi connectivity index (χ4v) is 9.69. The Bertz CT molecular complexity index is 1910. The van der Waals surface area contributed by atoms with Crippen LogP contribution < -0.4 is 20.0 Å². The normalized spacial score (nSPS) is 21.7. The Labute approximate surface area is 323 Å². The Morgan fingerprint density at radius 3 is 2.55 bits per heavy atom. The van der Waals surface area contributed by atoms with E-state index in [-0.39, 0.29) is 47.5 Å². The zero-order chi connectivity index (χ0) is 38.9. The van der Waals surface area contributed by atoms with Crippen molar-refractivity contribution in [2.24, 2.45) is 0 Å². The third-order valence-corrected chi connectivity index (χ3v) is 12.5. The number of amides is 2. The van der Waals surface area contributed by atoms with Gasteiger partial charge in [-0.25, -0.2) is 13.2 Å². The molecule has 0 radical (unpaired) electrons. The first-order valence-corrected chi connectivity index (χ1v) is 19.7. The maximum absolute atomic E-state index is 14.9. The molecule has 3 aromatic rings. The highest BCUT2D eigenvalue weighted by molar-refractivity contribution is 6.05. The molecule has 7 rings (SSSR count). The van der Waals surface area contributed by atoms with Crippen LogP contribution in [-0.2, 0) is 26.2 Å². The van der Waals surface area contributed by atoms with Crippen LogP contribution in [0.25, 0.3) is 0 Å². The molecule has 0 aromatic heterocycles. The van der Waals surface area contributed by atoms with Crippen molar-refractivity contribution < 1.29 is 27.5 Å². The van der Waals surface area contributed by atoms with Gasteiger partial charge in [0.25, 0.3) is 5.91 Å². The summed E-state index contributed by atoms with van der Waals surface area (Å²) in [6.45, 7) is 10.8. The number of carbonyl (C=O) groups excluding carboxylic acids is 2. The molecule has 1 spiro atoms. The molecular weight excluding hydrogens is 704 g/mol. The van der Waals surface area contributed by atoms with Crippen LogP contribution in [0.3, 0.4) is 0 Å². The summed E-state index contributed by atoms with van der Waals surface area (Å²) in [5, 5.41) is 3.14. The predicted octanol–water partition coefficient (Wildman–Crippen LogP) is 7.11. The molecule has 3 aliphatic heterocycles. The molecule has 1 aliphatic carbocycles. The third kappa shape index (κ3) is 8.14. The molecule has 294 valence electrons. The number of rotatable bonds is 13. The van der Waals surface area contributed by atoms with Gasteiger partial charge < -0.3 is 29.7 Å². The molecule has 3 heterocycles. The van der Waals surface area contributed by atoms with Gasteiger partial charge in [0.05, 0.1) is 29.6 Å². The van der Waals surface area contributed by atoms with Crippen molar-refractivity contribution in [3.63, 3.8) is 0 Å². The quantitative estimate of drug-likeness (QED) is 0.148. The number of hydrogen-bond acceptors (Lipinski definition) is 6. The number of anilines is 3. The number of hydrogen-bond donors (Lipinski definition) is 1. The number of ether oxygens (including phenoxy) is 1. The highest BCUT2D eigenvalue weighted by Crippen LogP contribution is 2.54. The lowest BCUT2D eigenvalue weighted by molar-refractivity contribution is -0.122. The monoisotopic (exact) mass is 757 g/mol. The highest BCUT2D eigenvalue weighted by atomic mass is 19.2. The van der Waals surface area contributed by atoms with E-state index in [0.717, 1.165) is 99.0 Å². The lowest BCUT2D eigenvalue weighted by atomic mass is 9.73. The summed E-state index contributed by atoms with van der Waals surface area (Å²) in [5.74, 6) is -2.42. The van der Waals surface area contributed by atoms with Crippen LogP contribution in [0, 0.1) is 17.5 Å². The van der Waals surface area contributed by atoms with Gasteiger partial charge in [-0.15, -0.1) is 0 Å². The summed E-state index contributed by atoms with van der Waals surface area (Å²) < 4.78 is 48.6. The molecule has 2 amide bonds. The molecule has 0 saturated carbocycles. The van der Waals surface area contributed by atoms with E-state index in [1.807, 2.05) is 25.1 Å². The first kappa shape index (κ1) is 38.9. The maximum Gasteiger partial charge on any atom is 0.250 e. The second-order valence-electron chi connectivity index (χ2n) is 16.6. The molecular formula is C44H54F3N5O3. The maximum atomic E-state index is 14.9. The SMILES string of the molecule is C=CC(=O)N1C[C@]2(C)CCCN2c2cc(N3CCC4(CC3)C[C@@H](CC(=O)N[C@@H](COCCCN(C)C)Cc3ccc(F)c(F)c3)c3ccc(F)cc34)ccc21. The van der Waals surface area contributed by atoms with Gasteiger partial charge in [-0.05, 0) is 149 Å². The highest BCUT2D eigenvalue weighted by Gasteiger charge is 2.47. The molecule has 0 bridgehead atoms. The number of benzene rings is 3. The van der Waals surface area contributed by atoms with Gasteiger partial charge in [-0.3, -0.25) is 9.59 Å². The molecule has 11 heteroatoms. The van der Waals surface area contributed by atoms with Gasteiger partial charge in [0, 0.05) is 44.9 Å². The molecule has 55 heavy (non-hydrogen) atoms. The van der Waals surface area contributed by atoms with E-state index in [4.69, 9.17) is 4.74 Å². The largest absolute Gasteiger partial charge is 0.379 e. The second-order valence-corrected chi connectivity index (χ2v) is 16.6. The summed E-state index contributed by atoms with van der Waals surface area (Å²) in [7, 11) is 3.99. The van der Waals surface area contributed by atoms with E-state index in [2.05, 4.69) is 51.7 Å². The third-order valence-electron chi connectivity index (χ3n) is 12.5. The molecule has 4 aliphatic rings. The first-order valence-electron chi connectivity index (χ1n) is 19.7. The van der Waals surface area contributed by atoms with Crippen LogP contribution in [0.15, 0.2) is 67.3 Å². The van der Waals surface area contributed by atoms with Crippen molar-refractivity contribution in [1.29, 1.82) is 0 Å². The minimum absolute atomic E-state index is 0.0835. The second kappa shape index (κ2) is 16.0. The van der Waals surface area contributed by atoms with Crippen LogP contribution in [0.5, 0.6) is 0 Å². The number of nitrogens with zero attached hydrogens (tertiary/aromatic N) is 4. The number of piperidine rings is 1. The summed E-state index contributed by atoms with van der Waals surface area (Å²) in [6, 6.07) is 14.8. The zero-order valence-corrected chi connectivity index (χ0v) is 32.4. The molecule has 2 fully saturated rings. The molecule has 8 nitrogen and oxygen atoms in total. The minimum atomic E-state index is -0.923. The van der Waals surface area contributed by atoms with E-state index in [1.54, 1.807) is 6.07 Å². The molecule has 3 aromatic carbocycles. The first-order chi connectivity index (χ1) is 26.4. The Kier molecular flexibility index (Phi) is 11.3. The van der Waals surface area contributed by atoms with Crippen molar-refractivity contribution >= 4 is 28.9 Å².